The van der Waals surface area contributed by atoms with E-state index < -0.39 is 11.5 Å². The van der Waals surface area contributed by atoms with E-state index in [4.69, 9.17) is 4.74 Å². The summed E-state index contributed by atoms with van der Waals surface area (Å²) in [6, 6.07) is 14.3. The summed E-state index contributed by atoms with van der Waals surface area (Å²) in [6.07, 6.45) is 2.80. The van der Waals surface area contributed by atoms with Crippen molar-refractivity contribution in [3.05, 3.63) is 59.8 Å². The smallest absolute Gasteiger partial charge is 0.359 e. The van der Waals surface area contributed by atoms with Crippen molar-refractivity contribution in [2.45, 2.75) is 37.8 Å². The minimum Gasteiger partial charge on any atom is -0.464 e. The molecular formula is C23H25N5O4. The third kappa shape index (κ3) is 4.41. The van der Waals surface area contributed by atoms with Crippen molar-refractivity contribution in [2.24, 2.45) is 0 Å². The molecule has 4 rings (SSSR count). The van der Waals surface area contributed by atoms with E-state index in [0.29, 0.717) is 36.0 Å². The lowest BCUT2D eigenvalue weighted by Gasteiger charge is -2.29. The summed E-state index contributed by atoms with van der Waals surface area (Å²) in [7, 11) is 1.28. The molecule has 0 bridgehead atoms. The van der Waals surface area contributed by atoms with E-state index in [1.54, 1.807) is 18.2 Å². The zero-order chi connectivity index (χ0) is 22.6. The monoisotopic (exact) mass is 435 g/mol. The molecule has 1 aliphatic carbocycles. The van der Waals surface area contributed by atoms with Gasteiger partial charge in [-0.15, -0.1) is 0 Å². The van der Waals surface area contributed by atoms with E-state index in [9.17, 15) is 14.4 Å². The van der Waals surface area contributed by atoms with Gasteiger partial charge in [-0.05, 0) is 36.6 Å². The SMILES string of the molecule is COC(=O)c1n[nH]c2ccc(NC(=O)C3(NC(=O)NCc4ccccc4)CCCC3)cc12. The number of urea groups is 1. The number of rotatable bonds is 6. The molecule has 3 aromatic rings. The fourth-order valence-electron chi connectivity index (χ4n) is 4.02. The Kier molecular flexibility index (Phi) is 6.07. The average molecular weight is 435 g/mol. The molecule has 0 unspecified atom stereocenters. The van der Waals surface area contributed by atoms with Gasteiger partial charge in [0.15, 0.2) is 5.69 Å². The first-order valence-electron chi connectivity index (χ1n) is 10.5. The molecule has 0 saturated heterocycles. The molecule has 0 aliphatic heterocycles. The van der Waals surface area contributed by atoms with Crippen LogP contribution in [0.4, 0.5) is 10.5 Å². The van der Waals surface area contributed by atoms with Crippen molar-refractivity contribution in [1.82, 2.24) is 20.8 Å². The molecule has 166 valence electrons. The Morgan fingerprint density at radius 2 is 1.84 bits per heavy atom. The van der Waals surface area contributed by atoms with E-state index in [1.165, 1.54) is 7.11 Å². The molecule has 1 aromatic heterocycles. The highest BCUT2D eigenvalue weighted by atomic mass is 16.5. The van der Waals surface area contributed by atoms with Gasteiger partial charge in [0, 0.05) is 17.6 Å². The minimum atomic E-state index is -0.989. The Morgan fingerprint density at radius 3 is 2.56 bits per heavy atom. The second kappa shape index (κ2) is 9.09. The van der Waals surface area contributed by atoms with E-state index in [-0.39, 0.29) is 17.6 Å². The largest absolute Gasteiger partial charge is 0.464 e. The topological polar surface area (TPSA) is 125 Å². The standard InChI is InChI=1S/C23H25N5O4/c1-32-20(29)19-17-13-16(9-10-18(17)27-28-19)25-21(30)23(11-5-6-12-23)26-22(31)24-14-15-7-3-2-4-8-15/h2-4,7-10,13H,5-6,11-12,14H2,1H3,(H,25,30)(H,27,28)(H2,24,26,31). The molecule has 1 aliphatic rings. The Bertz CT molecular complexity index is 1140. The van der Waals surface area contributed by atoms with Gasteiger partial charge in [-0.2, -0.15) is 5.10 Å². The summed E-state index contributed by atoms with van der Waals surface area (Å²) in [5.74, 6) is -0.851. The van der Waals surface area contributed by atoms with Gasteiger partial charge in [-0.1, -0.05) is 43.2 Å². The van der Waals surface area contributed by atoms with Crippen molar-refractivity contribution < 1.29 is 19.1 Å². The number of hydrogen-bond donors (Lipinski definition) is 4. The van der Waals surface area contributed by atoms with Crippen LogP contribution in [0, 0.1) is 0 Å². The van der Waals surface area contributed by atoms with Gasteiger partial charge >= 0.3 is 12.0 Å². The molecule has 3 amide bonds. The number of anilines is 1. The third-order valence-corrected chi connectivity index (χ3v) is 5.74. The van der Waals surface area contributed by atoms with Crippen LogP contribution in [0.5, 0.6) is 0 Å². The molecule has 9 heteroatoms. The minimum absolute atomic E-state index is 0.146. The van der Waals surface area contributed by atoms with Crippen molar-refractivity contribution in [3.63, 3.8) is 0 Å². The molecule has 0 atom stereocenters. The predicted octanol–water partition coefficient (Wildman–Crippen LogP) is 3.10. The molecule has 0 radical (unpaired) electrons. The number of aromatic amines is 1. The van der Waals surface area contributed by atoms with Crippen LogP contribution in [0.15, 0.2) is 48.5 Å². The van der Waals surface area contributed by atoms with Crippen LogP contribution in [0.2, 0.25) is 0 Å². The van der Waals surface area contributed by atoms with Gasteiger partial charge in [0.1, 0.15) is 5.54 Å². The van der Waals surface area contributed by atoms with Gasteiger partial charge < -0.3 is 20.7 Å². The number of carbonyl (C=O) groups is 3. The number of nitrogens with one attached hydrogen (secondary N) is 4. The molecule has 1 fully saturated rings. The lowest BCUT2D eigenvalue weighted by molar-refractivity contribution is -0.121. The number of methoxy groups -OCH3 is 1. The first kappa shape index (κ1) is 21.4. The lowest BCUT2D eigenvalue weighted by Crippen LogP contribution is -2.57. The first-order valence-corrected chi connectivity index (χ1v) is 10.5. The number of benzene rings is 2. The average Bonchev–Trinajstić information content (AvgIpc) is 3.45. The Hall–Kier alpha value is -3.88. The molecule has 4 N–H and O–H groups in total. The molecular weight excluding hydrogens is 410 g/mol. The summed E-state index contributed by atoms with van der Waals surface area (Å²) < 4.78 is 4.76. The van der Waals surface area contributed by atoms with Crippen LogP contribution in [-0.4, -0.2) is 40.8 Å². The van der Waals surface area contributed by atoms with Crippen molar-refractivity contribution in [3.8, 4) is 0 Å². The van der Waals surface area contributed by atoms with Gasteiger partial charge in [-0.3, -0.25) is 9.89 Å². The van der Waals surface area contributed by atoms with Crippen LogP contribution in [0.1, 0.15) is 41.7 Å². The number of esters is 1. The van der Waals surface area contributed by atoms with Crippen molar-refractivity contribution >= 4 is 34.5 Å². The predicted molar refractivity (Wildman–Crippen MR) is 119 cm³/mol. The van der Waals surface area contributed by atoms with E-state index in [0.717, 1.165) is 18.4 Å². The maximum absolute atomic E-state index is 13.2. The Labute approximate surface area is 184 Å². The molecule has 0 spiro atoms. The number of hydrogen-bond acceptors (Lipinski definition) is 5. The number of aromatic nitrogens is 2. The van der Waals surface area contributed by atoms with E-state index in [1.807, 2.05) is 30.3 Å². The highest BCUT2D eigenvalue weighted by Crippen LogP contribution is 2.31. The quantitative estimate of drug-likeness (QED) is 0.443. The zero-order valence-corrected chi connectivity index (χ0v) is 17.7. The third-order valence-electron chi connectivity index (χ3n) is 5.74. The van der Waals surface area contributed by atoms with Crippen LogP contribution in [-0.2, 0) is 16.1 Å². The van der Waals surface area contributed by atoms with Gasteiger partial charge in [0.25, 0.3) is 0 Å². The Balaban J connectivity index is 1.47. The van der Waals surface area contributed by atoms with Crippen LogP contribution >= 0.6 is 0 Å². The highest BCUT2D eigenvalue weighted by Gasteiger charge is 2.42. The number of H-pyrrole nitrogens is 1. The second-order valence-electron chi connectivity index (χ2n) is 7.86. The normalized spacial score (nSPS) is 14.7. The molecule has 9 nitrogen and oxygen atoms in total. The van der Waals surface area contributed by atoms with Crippen LogP contribution < -0.4 is 16.0 Å². The lowest BCUT2D eigenvalue weighted by atomic mass is 9.96. The number of carbonyl (C=O) groups excluding carboxylic acids is 3. The van der Waals surface area contributed by atoms with E-state index >= 15 is 0 Å². The first-order chi connectivity index (χ1) is 15.5. The number of fused-ring (bicyclic) bond motifs is 1. The van der Waals surface area contributed by atoms with Crippen molar-refractivity contribution in [2.75, 3.05) is 12.4 Å². The molecule has 1 heterocycles. The van der Waals surface area contributed by atoms with E-state index in [2.05, 4.69) is 26.1 Å². The van der Waals surface area contributed by atoms with Crippen molar-refractivity contribution in [1.29, 1.82) is 0 Å². The maximum Gasteiger partial charge on any atom is 0.359 e. The molecule has 1 saturated carbocycles. The van der Waals surface area contributed by atoms with Gasteiger partial charge in [0.05, 0.1) is 12.6 Å². The van der Waals surface area contributed by atoms with Crippen LogP contribution in [0.3, 0.4) is 0 Å². The summed E-state index contributed by atoms with van der Waals surface area (Å²) >= 11 is 0. The second-order valence-corrected chi connectivity index (χ2v) is 7.86. The van der Waals surface area contributed by atoms with Crippen LogP contribution in [0.25, 0.3) is 10.9 Å². The maximum atomic E-state index is 13.2. The number of ether oxygens (including phenoxy) is 1. The summed E-state index contributed by atoms with van der Waals surface area (Å²) in [5.41, 5.74) is 1.29. The number of nitrogens with zero attached hydrogens (tertiary/aromatic N) is 1. The summed E-state index contributed by atoms with van der Waals surface area (Å²) in [5, 5.41) is 15.9. The van der Waals surface area contributed by atoms with Gasteiger partial charge in [-0.25, -0.2) is 9.59 Å². The van der Waals surface area contributed by atoms with Gasteiger partial charge in [0.2, 0.25) is 5.91 Å². The number of amides is 3. The highest BCUT2D eigenvalue weighted by molar-refractivity contribution is 6.05. The fraction of sp³-hybridized carbons (Fsp3) is 0.304. The Morgan fingerprint density at radius 1 is 1.09 bits per heavy atom. The zero-order valence-electron chi connectivity index (χ0n) is 17.7. The fourth-order valence-corrected chi connectivity index (χ4v) is 4.02. The summed E-state index contributed by atoms with van der Waals surface area (Å²) in [6.45, 7) is 0.373. The molecule has 32 heavy (non-hydrogen) atoms. The summed E-state index contributed by atoms with van der Waals surface area (Å²) in [4.78, 5) is 37.7. The molecule has 2 aromatic carbocycles.